The molecule has 2 aromatic rings. The van der Waals surface area contributed by atoms with Gasteiger partial charge in [0.05, 0.1) is 21.3 Å². The molecule has 2 aromatic heterocycles. The Hall–Kier alpha value is -2.19. The Morgan fingerprint density at radius 1 is 1.27 bits per heavy atom. The van der Waals surface area contributed by atoms with Gasteiger partial charge in [0.1, 0.15) is 0 Å². The molecule has 9 heteroatoms. The van der Waals surface area contributed by atoms with Crippen LogP contribution in [0.1, 0.15) is 49.0 Å². The maximum Gasteiger partial charge on any atom is 0.306 e. The molecule has 0 bridgehead atoms. The molecular weight excluding hydrogens is 380 g/mol. The van der Waals surface area contributed by atoms with Gasteiger partial charge in [-0.05, 0) is 12.1 Å². The quantitative estimate of drug-likeness (QED) is 0.562. The van der Waals surface area contributed by atoms with E-state index in [1.54, 1.807) is 18.2 Å². The molecule has 0 atom stereocenters. The molecule has 0 spiro atoms. The zero-order chi connectivity index (χ0) is 19.3. The summed E-state index contributed by atoms with van der Waals surface area (Å²) < 4.78 is 10.4. The largest absolute Gasteiger partial charge is 0.456 e. The Kier molecular flexibility index (Phi) is 6.55. The number of halogens is 1. The normalized spacial score (nSPS) is 11.2. The minimum atomic E-state index is -0.635. The minimum Gasteiger partial charge on any atom is -0.456 e. The van der Waals surface area contributed by atoms with Gasteiger partial charge in [0.15, 0.2) is 12.4 Å². The first kappa shape index (κ1) is 20.1. The van der Waals surface area contributed by atoms with Crippen LogP contribution in [0.3, 0.4) is 0 Å². The molecule has 2 rings (SSSR count). The Balaban J connectivity index is 1.72. The van der Waals surface area contributed by atoms with Crippen molar-refractivity contribution < 1.29 is 23.6 Å². The lowest BCUT2D eigenvalue weighted by Crippen LogP contribution is -2.21. The summed E-state index contributed by atoms with van der Waals surface area (Å²) in [4.78, 5) is 35.8. The molecule has 0 unspecified atom stereocenters. The van der Waals surface area contributed by atoms with Crippen LogP contribution in [0.5, 0.6) is 0 Å². The fourth-order valence-electron chi connectivity index (χ4n) is 1.88. The molecule has 0 aliphatic heterocycles. The Bertz CT molecular complexity index is 806. The molecule has 140 valence electrons. The summed E-state index contributed by atoms with van der Waals surface area (Å²) in [6, 6.07) is 4.85. The van der Waals surface area contributed by atoms with Gasteiger partial charge in [-0.1, -0.05) is 37.5 Å². The van der Waals surface area contributed by atoms with Crippen molar-refractivity contribution in [2.24, 2.45) is 0 Å². The maximum absolute atomic E-state index is 11.9. The number of Topliss-reactive ketones (excluding diaryl/α,β-unsaturated/α-hetero) is 1. The zero-order valence-corrected chi connectivity index (χ0v) is 16.2. The van der Waals surface area contributed by atoms with Crippen molar-refractivity contribution in [1.29, 1.82) is 0 Å². The maximum atomic E-state index is 11.9. The fourth-order valence-corrected chi connectivity index (χ4v) is 2.89. The second kappa shape index (κ2) is 8.46. The molecular formula is C17H19ClN2O5S. The lowest BCUT2D eigenvalue weighted by atomic mass is 9.92. The average molecular weight is 399 g/mol. The summed E-state index contributed by atoms with van der Waals surface area (Å²) in [5, 5.41) is 6.33. The third-order valence-corrected chi connectivity index (χ3v) is 4.58. The van der Waals surface area contributed by atoms with Crippen molar-refractivity contribution in [1.82, 2.24) is 5.16 Å². The number of ketones is 1. The van der Waals surface area contributed by atoms with Gasteiger partial charge in [-0.15, -0.1) is 11.3 Å². The number of carbonyl (C=O) groups is 3. The van der Waals surface area contributed by atoms with Gasteiger partial charge in [-0.2, -0.15) is 0 Å². The van der Waals surface area contributed by atoms with Gasteiger partial charge in [0.25, 0.3) is 5.91 Å². The van der Waals surface area contributed by atoms with Crippen LogP contribution in [0, 0.1) is 0 Å². The number of esters is 1. The Morgan fingerprint density at radius 2 is 2.00 bits per heavy atom. The van der Waals surface area contributed by atoms with Gasteiger partial charge in [-0.3, -0.25) is 19.7 Å². The number of thiophene rings is 1. The molecule has 0 aromatic carbocycles. The first-order valence-electron chi connectivity index (χ1n) is 7.86. The number of ether oxygens (including phenoxy) is 1. The Labute approximate surface area is 159 Å². The number of hydrogen-bond acceptors (Lipinski definition) is 7. The molecule has 0 radical (unpaired) electrons. The van der Waals surface area contributed by atoms with Crippen LogP contribution in [0.15, 0.2) is 22.7 Å². The van der Waals surface area contributed by atoms with E-state index in [1.165, 1.54) is 0 Å². The lowest BCUT2D eigenvalue weighted by molar-refractivity contribution is -0.147. The number of anilines is 1. The van der Waals surface area contributed by atoms with Crippen molar-refractivity contribution in [2.45, 2.75) is 39.0 Å². The SMILES string of the molecule is CC(C)(C)c1cc(NC(=O)COC(=O)CCC(=O)c2ccc(Cl)s2)on1. The van der Waals surface area contributed by atoms with Crippen LogP contribution in [-0.2, 0) is 19.7 Å². The van der Waals surface area contributed by atoms with E-state index in [2.05, 4.69) is 10.5 Å². The summed E-state index contributed by atoms with van der Waals surface area (Å²) >= 11 is 6.92. The van der Waals surface area contributed by atoms with Crippen LogP contribution < -0.4 is 5.32 Å². The van der Waals surface area contributed by atoms with Gasteiger partial charge < -0.3 is 9.26 Å². The standard InChI is InChI=1S/C17H19ClN2O5S/c1-17(2,3)12-8-15(25-20-12)19-14(22)9-24-16(23)7-4-10(21)11-5-6-13(18)26-11/h5-6,8H,4,7,9H2,1-3H3,(H,19,22). The predicted octanol–water partition coefficient (Wildman–Crippen LogP) is 3.83. The van der Waals surface area contributed by atoms with Gasteiger partial charge in [0, 0.05) is 17.9 Å². The number of carbonyl (C=O) groups excluding carboxylic acids is 3. The van der Waals surface area contributed by atoms with Crippen LogP contribution in [0.4, 0.5) is 5.88 Å². The second-order valence-corrected chi connectivity index (χ2v) is 8.28. The molecule has 0 fully saturated rings. The van der Waals surface area contributed by atoms with Crippen molar-refractivity contribution in [3.05, 3.63) is 33.1 Å². The van der Waals surface area contributed by atoms with Crippen molar-refractivity contribution in [3.8, 4) is 0 Å². The number of rotatable bonds is 7. The summed E-state index contributed by atoms with van der Waals surface area (Å²) in [6.45, 7) is 5.42. The van der Waals surface area contributed by atoms with E-state index in [0.29, 0.717) is 14.9 Å². The second-order valence-electron chi connectivity index (χ2n) is 6.56. The third kappa shape index (κ3) is 5.96. The summed E-state index contributed by atoms with van der Waals surface area (Å²) in [5.41, 5.74) is 0.482. The van der Waals surface area contributed by atoms with Gasteiger partial charge in [0.2, 0.25) is 5.88 Å². The fraction of sp³-hybridized carbons (Fsp3) is 0.412. The van der Waals surface area contributed by atoms with Crippen LogP contribution >= 0.6 is 22.9 Å². The number of amides is 1. The zero-order valence-electron chi connectivity index (χ0n) is 14.6. The van der Waals surface area contributed by atoms with E-state index < -0.39 is 18.5 Å². The van der Waals surface area contributed by atoms with Gasteiger partial charge in [-0.25, -0.2) is 0 Å². The number of nitrogens with one attached hydrogen (secondary N) is 1. The molecule has 1 N–H and O–H groups in total. The Morgan fingerprint density at radius 3 is 2.58 bits per heavy atom. The summed E-state index contributed by atoms with van der Waals surface area (Å²) in [6.07, 6.45) is -0.119. The lowest BCUT2D eigenvalue weighted by Gasteiger charge is -2.12. The van der Waals surface area contributed by atoms with Crippen molar-refractivity contribution in [3.63, 3.8) is 0 Å². The average Bonchev–Trinajstić information content (AvgIpc) is 3.19. The monoisotopic (exact) mass is 398 g/mol. The van der Waals surface area contributed by atoms with Crippen molar-refractivity contribution in [2.75, 3.05) is 11.9 Å². The van der Waals surface area contributed by atoms with E-state index in [0.717, 1.165) is 11.3 Å². The summed E-state index contributed by atoms with van der Waals surface area (Å²) in [7, 11) is 0. The van der Waals surface area contributed by atoms with Crippen molar-refractivity contribution >= 4 is 46.5 Å². The molecule has 0 aliphatic rings. The highest BCUT2D eigenvalue weighted by Crippen LogP contribution is 2.24. The highest BCUT2D eigenvalue weighted by atomic mass is 35.5. The highest BCUT2D eigenvalue weighted by molar-refractivity contribution is 7.18. The predicted molar refractivity (Wildman–Crippen MR) is 97.7 cm³/mol. The first-order chi connectivity index (χ1) is 12.1. The van der Waals surface area contributed by atoms with Crippen LogP contribution in [0.2, 0.25) is 4.34 Å². The van der Waals surface area contributed by atoms with Gasteiger partial charge >= 0.3 is 5.97 Å². The molecule has 0 saturated heterocycles. The topological polar surface area (TPSA) is 98.5 Å². The van der Waals surface area contributed by atoms with E-state index in [4.69, 9.17) is 20.9 Å². The van der Waals surface area contributed by atoms with Crippen LogP contribution in [-0.4, -0.2) is 29.4 Å². The van der Waals surface area contributed by atoms with E-state index in [9.17, 15) is 14.4 Å². The smallest absolute Gasteiger partial charge is 0.306 e. The van der Waals surface area contributed by atoms with E-state index in [-0.39, 0.29) is 29.9 Å². The number of aromatic nitrogens is 1. The molecule has 0 aliphatic carbocycles. The van der Waals surface area contributed by atoms with E-state index in [1.807, 2.05) is 20.8 Å². The number of hydrogen-bond donors (Lipinski definition) is 1. The molecule has 26 heavy (non-hydrogen) atoms. The number of nitrogens with zero attached hydrogens (tertiary/aromatic N) is 1. The van der Waals surface area contributed by atoms with E-state index >= 15 is 0 Å². The molecule has 7 nitrogen and oxygen atoms in total. The molecule has 2 heterocycles. The highest BCUT2D eigenvalue weighted by Gasteiger charge is 2.20. The minimum absolute atomic E-state index is 0.00561. The molecule has 1 amide bonds. The summed E-state index contributed by atoms with van der Waals surface area (Å²) in [5.74, 6) is -1.20. The molecule has 0 saturated carbocycles. The third-order valence-electron chi connectivity index (χ3n) is 3.31. The first-order valence-corrected chi connectivity index (χ1v) is 9.06. The van der Waals surface area contributed by atoms with Crippen LogP contribution in [0.25, 0.3) is 0 Å².